The number of rotatable bonds is 7. The molecule has 0 saturated carbocycles. The van der Waals surface area contributed by atoms with Gasteiger partial charge in [0, 0.05) is 18.5 Å². The number of carbonyl (C=O) groups excluding carboxylic acids is 2. The lowest BCUT2D eigenvalue weighted by atomic mass is 9.94. The summed E-state index contributed by atoms with van der Waals surface area (Å²) in [5, 5.41) is 5.58. The van der Waals surface area contributed by atoms with Crippen molar-refractivity contribution in [2.75, 3.05) is 6.54 Å². The van der Waals surface area contributed by atoms with Gasteiger partial charge in [-0.3, -0.25) is 9.59 Å². The van der Waals surface area contributed by atoms with Gasteiger partial charge in [-0.15, -0.1) is 6.42 Å². The first-order valence-corrected chi connectivity index (χ1v) is 7.19. The summed E-state index contributed by atoms with van der Waals surface area (Å²) in [7, 11) is 0. The molecule has 0 aliphatic rings. The van der Waals surface area contributed by atoms with Gasteiger partial charge in [0.25, 0.3) is 5.91 Å². The molecule has 0 aromatic heterocycles. The third-order valence-corrected chi connectivity index (χ3v) is 3.54. The van der Waals surface area contributed by atoms with Crippen LogP contribution in [0.25, 0.3) is 0 Å². The molecule has 0 aliphatic heterocycles. The molecule has 0 unspecified atom stereocenters. The number of amides is 2. The van der Waals surface area contributed by atoms with E-state index in [0.29, 0.717) is 18.4 Å². The van der Waals surface area contributed by atoms with E-state index in [1.54, 1.807) is 24.3 Å². The highest BCUT2D eigenvalue weighted by Gasteiger charge is 2.24. The zero-order valence-corrected chi connectivity index (χ0v) is 12.6. The fourth-order valence-electron chi connectivity index (χ4n) is 1.98. The molecule has 2 amide bonds. The third kappa shape index (κ3) is 4.96. The Kier molecular flexibility index (Phi) is 6.48. The van der Waals surface area contributed by atoms with Crippen LogP contribution in [-0.2, 0) is 4.79 Å². The predicted octanol–water partition coefficient (Wildman–Crippen LogP) is 2.11. The summed E-state index contributed by atoms with van der Waals surface area (Å²) in [5.41, 5.74) is -0.00134. The lowest BCUT2D eigenvalue weighted by molar-refractivity contribution is -0.122. The van der Waals surface area contributed by atoms with Crippen LogP contribution < -0.4 is 10.6 Å². The molecule has 2 N–H and O–H groups in total. The molecule has 0 radical (unpaired) electrons. The first-order chi connectivity index (χ1) is 10.1. The van der Waals surface area contributed by atoms with Gasteiger partial charge in [0.15, 0.2) is 0 Å². The molecule has 21 heavy (non-hydrogen) atoms. The van der Waals surface area contributed by atoms with Crippen LogP contribution in [-0.4, -0.2) is 23.9 Å². The number of benzene rings is 1. The van der Waals surface area contributed by atoms with Crippen molar-refractivity contribution in [2.45, 2.75) is 38.6 Å². The van der Waals surface area contributed by atoms with E-state index in [-0.39, 0.29) is 24.8 Å². The van der Waals surface area contributed by atoms with Crippen LogP contribution in [0.2, 0.25) is 0 Å². The minimum Gasteiger partial charge on any atom is -0.352 e. The summed E-state index contributed by atoms with van der Waals surface area (Å²) in [6, 6.07) is 8.90. The molecule has 1 aromatic carbocycles. The third-order valence-electron chi connectivity index (χ3n) is 3.54. The molecule has 0 heterocycles. The standard InChI is InChI=1S/C17H22N2O2/c1-4-17(5-2,6-3)19-15(20)12-13-18-16(21)14-10-8-7-9-11-14/h1,7-11H,5-6,12-13H2,2-3H3,(H,18,21)(H,19,20). The van der Waals surface area contributed by atoms with Crippen molar-refractivity contribution in [1.82, 2.24) is 10.6 Å². The van der Waals surface area contributed by atoms with Crippen molar-refractivity contribution in [3.8, 4) is 12.3 Å². The van der Waals surface area contributed by atoms with Crippen molar-refractivity contribution in [1.29, 1.82) is 0 Å². The predicted molar refractivity (Wildman–Crippen MR) is 83.7 cm³/mol. The highest BCUT2D eigenvalue weighted by Crippen LogP contribution is 2.13. The molecule has 0 bridgehead atoms. The average Bonchev–Trinajstić information content (AvgIpc) is 2.53. The largest absolute Gasteiger partial charge is 0.352 e. The van der Waals surface area contributed by atoms with Crippen LogP contribution in [0.5, 0.6) is 0 Å². The van der Waals surface area contributed by atoms with Crippen LogP contribution in [0.1, 0.15) is 43.5 Å². The monoisotopic (exact) mass is 286 g/mol. The highest BCUT2D eigenvalue weighted by atomic mass is 16.2. The summed E-state index contributed by atoms with van der Waals surface area (Å²) >= 11 is 0. The van der Waals surface area contributed by atoms with Crippen LogP contribution in [0.4, 0.5) is 0 Å². The number of terminal acetylenes is 1. The smallest absolute Gasteiger partial charge is 0.251 e. The highest BCUT2D eigenvalue weighted by molar-refractivity contribution is 5.94. The lowest BCUT2D eigenvalue weighted by Gasteiger charge is -2.27. The maximum Gasteiger partial charge on any atom is 0.251 e. The van der Waals surface area contributed by atoms with Crippen LogP contribution >= 0.6 is 0 Å². The number of hydrogen-bond donors (Lipinski definition) is 2. The van der Waals surface area contributed by atoms with Gasteiger partial charge in [0.1, 0.15) is 5.54 Å². The fraction of sp³-hybridized carbons (Fsp3) is 0.412. The average molecular weight is 286 g/mol. The molecule has 1 rings (SSSR count). The van der Waals surface area contributed by atoms with E-state index in [9.17, 15) is 9.59 Å². The number of carbonyl (C=O) groups is 2. The Balaban J connectivity index is 2.41. The van der Waals surface area contributed by atoms with Crippen molar-refractivity contribution in [3.05, 3.63) is 35.9 Å². The van der Waals surface area contributed by atoms with E-state index >= 15 is 0 Å². The van der Waals surface area contributed by atoms with E-state index < -0.39 is 5.54 Å². The Morgan fingerprint density at radius 2 is 1.81 bits per heavy atom. The van der Waals surface area contributed by atoms with Crippen LogP contribution in [0.3, 0.4) is 0 Å². The van der Waals surface area contributed by atoms with Gasteiger partial charge < -0.3 is 10.6 Å². The Morgan fingerprint density at radius 1 is 1.19 bits per heavy atom. The Labute approximate surface area is 126 Å². The van der Waals surface area contributed by atoms with Crippen molar-refractivity contribution >= 4 is 11.8 Å². The second-order valence-corrected chi connectivity index (χ2v) is 4.85. The van der Waals surface area contributed by atoms with E-state index in [1.165, 1.54) is 0 Å². The minimum atomic E-state index is -0.583. The van der Waals surface area contributed by atoms with Gasteiger partial charge in [-0.1, -0.05) is 38.0 Å². The quantitative estimate of drug-likeness (QED) is 0.754. The van der Waals surface area contributed by atoms with E-state index in [1.807, 2.05) is 19.9 Å². The summed E-state index contributed by atoms with van der Waals surface area (Å²) in [4.78, 5) is 23.7. The van der Waals surface area contributed by atoms with Gasteiger partial charge in [0.2, 0.25) is 5.91 Å². The molecule has 0 saturated heterocycles. The van der Waals surface area contributed by atoms with Gasteiger partial charge >= 0.3 is 0 Å². The van der Waals surface area contributed by atoms with Crippen molar-refractivity contribution < 1.29 is 9.59 Å². The molecule has 112 valence electrons. The number of hydrogen-bond acceptors (Lipinski definition) is 2. The van der Waals surface area contributed by atoms with Crippen LogP contribution in [0.15, 0.2) is 30.3 Å². The summed E-state index contributed by atoms with van der Waals surface area (Å²) in [6.45, 7) is 4.18. The van der Waals surface area contributed by atoms with Crippen LogP contribution in [0, 0.1) is 12.3 Å². The maximum absolute atomic E-state index is 11.9. The minimum absolute atomic E-state index is 0.148. The Morgan fingerprint density at radius 3 is 2.33 bits per heavy atom. The molecule has 0 atom stereocenters. The van der Waals surface area contributed by atoms with Crippen molar-refractivity contribution in [3.63, 3.8) is 0 Å². The number of nitrogens with one attached hydrogen (secondary N) is 2. The first-order valence-electron chi connectivity index (χ1n) is 7.19. The summed E-state index contributed by atoms with van der Waals surface area (Å²) in [6.07, 6.45) is 7.07. The van der Waals surface area contributed by atoms with E-state index in [0.717, 1.165) is 0 Å². The molecular formula is C17H22N2O2. The normalized spacial score (nSPS) is 10.5. The van der Waals surface area contributed by atoms with E-state index in [4.69, 9.17) is 6.42 Å². The van der Waals surface area contributed by atoms with Gasteiger partial charge in [-0.25, -0.2) is 0 Å². The topological polar surface area (TPSA) is 58.2 Å². The molecule has 0 fully saturated rings. The lowest BCUT2D eigenvalue weighted by Crippen LogP contribution is -2.47. The summed E-state index contributed by atoms with van der Waals surface area (Å²) in [5.74, 6) is 2.32. The second-order valence-electron chi connectivity index (χ2n) is 4.85. The molecule has 4 heteroatoms. The zero-order chi connectivity index (χ0) is 15.7. The van der Waals surface area contributed by atoms with Crippen molar-refractivity contribution in [2.24, 2.45) is 0 Å². The molecular weight excluding hydrogens is 264 g/mol. The SMILES string of the molecule is C#CC(CC)(CC)NC(=O)CCNC(=O)c1ccccc1. The Hall–Kier alpha value is -2.28. The molecule has 0 aliphatic carbocycles. The maximum atomic E-state index is 11.9. The van der Waals surface area contributed by atoms with Gasteiger partial charge in [0.05, 0.1) is 0 Å². The van der Waals surface area contributed by atoms with E-state index in [2.05, 4.69) is 16.6 Å². The fourth-order valence-corrected chi connectivity index (χ4v) is 1.98. The first kappa shape index (κ1) is 16.8. The molecule has 1 aromatic rings. The summed E-state index contributed by atoms with van der Waals surface area (Å²) < 4.78 is 0. The second kappa shape index (κ2) is 8.11. The Bertz CT molecular complexity index is 513. The molecule has 0 spiro atoms. The zero-order valence-electron chi connectivity index (χ0n) is 12.6. The molecule has 4 nitrogen and oxygen atoms in total. The van der Waals surface area contributed by atoms with Gasteiger partial charge in [-0.2, -0.15) is 0 Å². The van der Waals surface area contributed by atoms with Gasteiger partial charge in [-0.05, 0) is 25.0 Å².